The van der Waals surface area contributed by atoms with Gasteiger partial charge in [-0.25, -0.2) is 13.6 Å². The first kappa shape index (κ1) is 14.1. The van der Waals surface area contributed by atoms with Crippen LogP contribution in [0.4, 0.5) is 0 Å². The van der Waals surface area contributed by atoms with Crippen molar-refractivity contribution in [1.82, 2.24) is 5.32 Å². The minimum atomic E-state index is -3.52. The van der Waals surface area contributed by atoms with Gasteiger partial charge in [0.2, 0.25) is 15.9 Å². The van der Waals surface area contributed by atoms with Crippen LogP contribution >= 0.6 is 11.3 Å². The quantitative estimate of drug-likeness (QED) is 0.823. The molecule has 1 aromatic heterocycles. The molecule has 0 aromatic carbocycles. The Morgan fingerprint density at radius 2 is 2.18 bits per heavy atom. The number of nitrogens with two attached hydrogens (primary N) is 1. The fraction of sp³-hybridized carbons (Fsp3) is 0.500. The molecule has 0 aliphatic heterocycles. The van der Waals surface area contributed by atoms with Crippen molar-refractivity contribution in [1.29, 1.82) is 0 Å². The van der Waals surface area contributed by atoms with Crippen molar-refractivity contribution < 1.29 is 13.2 Å². The number of hydrogen-bond acceptors (Lipinski definition) is 4. The van der Waals surface area contributed by atoms with Crippen LogP contribution in [0.5, 0.6) is 0 Å². The van der Waals surface area contributed by atoms with E-state index in [-0.39, 0.29) is 24.1 Å². The van der Waals surface area contributed by atoms with Gasteiger partial charge in [0.15, 0.2) is 0 Å². The van der Waals surface area contributed by atoms with E-state index >= 15 is 0 Å². The van der Waals surface area contributed by atoms with Gasteiger partial charge >= 0.3 is 0 Å². The van der Waals surface area contributed by atoms with Crippen molar-refractivity contribution in [2.45, 2.75) is 19.8 Å². The summed E-state index contributed by atoms with van der Waals surface area (Å²) in [5.74, 6) is -0.695. The van der Waals surface area contributed by atoms with Gasteiger partial charge in [-0.05, 0) is 26.0 Å². The number of thiophene rings is 1. The van der Waals surface area contributed by atoms with E-state index < -0.39 is 10.0 Å². The van der Waals surface area contributed by atoms with E-state index in [0.29, 0.717) is 0 Å². The van der Waals surface area contributed by atoms with E-state index in [9.17, 15) is 13.2 Å². The summed E-state index contributed by atoms with van der Waals surface area (Å²) in [6.07, 6.45) is 0. The van der Waals surface area contributed by atoms with Crippen LogP contribution in [0.2, 0.25) is 0 Å². The van der Waals surface area contributed by atoms with E-state index in [2.05, 4.69) is 5.32 Å². The van der Waals surface area contributed by atoms with E-state index in [1.807, 2.05) is 19.1 Å². The molecule has 0 saturated heterocycles. The van der Waals surface area contributed by atoms with Crippen molar-refractivity contribution in [2.24, 2.45) is 5.14 Å². The van der Waals surface area contributed by atoms with Gasteiger partial charge in [-0.15, -0.1) is 11.3 Å². The van der Waals surface area contributed by atoms with E-state index in [1.165, 1.54) is 0 Å². The Bertz CT molecular complexity index is 493. The molecule has 3 N–H and O–H groups in total. The third-order valence-corrected chi connectivity index (χ3v) is 4.22. The van der Waals surface area contributed by atoms with Crippen LogP contribution < -0.4 is 10.5 Å². The zero-order valence-electron chi connectivity index (χ0n) is 9.76. The predicted octanol–water partition coefficient (Wildman–Crippen LogP) is 0.565. The molecule has 0 spiro atoms. The Morgan fingerprint density at radius 3 is 2.65 bits per heavy atom. The monoisotopic (exact) mass is 276 g/mol. The molecule has 1 atom stereocenters. The van der Waals surface area contributed by atoms with Crippen molar-refractivity contribution in [3.05, 3.63) is 21.9 Å². The molecule has 1 amide bonds. The lowest BCUT2D eigenvalue weighted by Crippen LogP contribution is -2.33. The fourth-order valence-corrected chi connectivity index (χ4v) is 2.60. The van der Waals surface area contributed by atoms with Crippen LogP contribution in [0, 0.1) is 6.92 Å². The largest absolute Gasteiger partial charge is 0.354 e. The molecule has 0 aliphatic rings. The van der Waals surface area contributed by atoms with Gasteiger partial charge in [-0.3, -0.25) is 4.79 Å². The number of rotatable bonds is 5. The second-order valence-electron chi connectivity index (χ2n) is 3.83. The minimum Gasteiger partial charge on any atom is -0.354 e. The van der Waals surface area contributed by atoms with E-state index in [1.54, 1.807) is 18.3 Å². The van der Waals surface area contributed by atoms with Gasteiger partial charge in [0.1, 0.15) is 0 Å². The molecule has 5 nitrogen and oxygen atoms in total. The van der Waals surface area contributed by atoms with Crippen LogP contribution in [0.25, 0.3) is 0 Å². The van der Waals surface area contributed by atoms with Gasteiger partial charge in [-0.2, -0.15) is 0 Å². The third-order valence-electron chi connectivity index (χ3n) is 2.27. The number of sulfonamides is 1. The average molecular weight is 276 g/mol. The molecule has 7 heteroatoms. The van der Waals surface area contributed by atoms with Gasteiger partial charge in [0.05, 0.1) is 11.7 Å². The van der Waals surface area contributed by atoms with Crippen molar-refractivity contribution in [3.8, 4) is 0 Å². The molecule has 0 unspecified atom stereocenters. The maximum atomic E-state index is 11.7. The number of nitrogens with one attached hydrogen (secondary N) is 1. The summed E-state index contributed by atoms with van der Waals surface area (Å²) >= 11 is 1.56. The third kappa shape index (κ3) is 4.84. The number of carbonyl (C=O) groups excluding carboxylic acids is 1. The number of hydrogen-bond donors (Lipinski definition) is 2. The number of carbonyl (C=O) groups is 1. The van der Waals surface area contributed by atoms with E-state index in [0.717, 1.165) is 9.75 Å². The summed E-state index contributed by atoms with van der Waals surface area (Å²) in [7, 11) is -3.52. The fourth-order valence-electron chi connectivity index (χ4n) is 1.28. The first-order valence-electron chi connectivity index (χ1n) is 5.14. The van der Waals surface area contributed by atoms with Crippen LogP contribution in [0.1, 0.15) is 22.6 Å². The highest BCUT2D eigenvalue weighted by molar-refractivity contribution is 7.89. The highest BCUT2D eigenvalue weighted by Crippen LogP contribution is 2.24. The Morgan fingerprint density at radius 1 is 1.53 bits per heavy atom. The molecular weight excluding hydrogens is 260 g/mol. The maximum Gasteiger partial charge on any atom is 0.228 e. The highest BCUT2D eigenvalue weighted by atomic mass is 32.2. The van der Waals surface area contributed by atoms with Crippen molar-refractivity contribution in [2.75, 3.05) is 12.3 Å². The standard InChI is InChI=1S/C10H16N2O3S2/c1-7-3-4-9(16-7)8(2)10(13)12-5-6-17(11,14)15/h3-4,8H,5-6H2,1-2H3,(H,12,13)(H2,11,14,15)/t8-/m0/s1. The molecule has 0 bridgehead atoms. The van der Waals surface area contributed by atoms with Gasteiger partial charge in [0, 0.05) is 16.3 Å². The van der Waals surface area contributed by atoms with Gasteiger partial charge in [-0.1, -0.05) is 0 Å². The van der Waals surface area contributed by atoms with Gasteiger partial charge < -0.3 is 5.32 Å². The van der Waals surface area contributed by atoms with Gasteiger partial charge in [0.25, 0.3) is 0 Å². The highest BCUT2D eigenvalue weighted by Gasteiger charge is 2.16. The van der Waals surface area contributed by atoms with E-state index in [4.69, 9.17) is 5.14 Å². The van der Waals surface area contributed by atoms with Crippen LogP contribution in [-0.2, 0) is 14.8 Å². The maximum absolute atomic E-state index is 11.7. The Kier molecular flexibility index (Phi) is 4.67. The number of amides is 1. The molecule has 17 heavy (non-hydrogen) atoms. The summed E-state index contributed by atoms with van der Waals surface area (Å²) in [6, 6.07) is 3.86. The normalized spacial score (nSPS) is 13.4. The topological polar surface area (TPSA) is 89.3 Å². The first-order chi connectivity index (χ1) is 7.79. The summed E-state index contributed by atoms with van der Waals surface area (Å²) in [5.41, 5.74) is 0. The predicted molar refractivity (Wildman–Crippen MR) is 68.5 cm³/mol. The summed E-state index contributed by atoms with van der Waals surface area (Å²) in [4.78, 5) is 13.8. The van der Waals surface area contributed by atoms with Crippen molar-refractivity contribution >= 4 is 27.3 Å². The molecule has 0 radical (unpaired) electrons. The molecule has 1 heterocycles. The molecular formula is C10H16N2O3S2. The lowest BCUT2D eigenvalue weighted by atomic mass is 10.1. The van der Waals surface area contributed by atoms with Crippen LogP contribution in [0.15, 0.2) is 12.1 Å². The second-order valence-corrected chi connectivity index (χ2v) is 6.88. The lowest BCUT2D eigenvalue weighted by Gasteiger charge is -2.09. The smallest absolute Gasteiger partial charge is 0.228 e. The molecule has 0 fully saturated rings. The average Bonchev–Trinajstić information content (AvgIpc) is 2.61. The van der Waals surface area contributed by atoms with Crippen LogP contribution in [0.3, 0.4) is 0 Å². The zero-order chi connectivity index (χ0) is 13.1. The SMILES string of the molecule is Cc1ccc([C@H](C)C(=O)NCCS(N)(=O)=O)s1. The molecule has 1 aromatic rings. The number of primary sulfonamides is 1. The molecule has 0 aliphatic carbocycles. The summed E-state index contributed by atoms with van der Waals surface area (Å²) in [5, 5.41) is 7.39. The van der Waals surface area contributed by atoms with Crippen LogP contribution in [-0.4, -0.2) is 26.6 Å². The Balaban J connectivity index is 2.48. The Hall–Kier alpha value is -0.920. The zero-order valence-corrected chi connectivity index (χ0v) is 11.4. The molecule has 1 rings (SSSR count). The summed E-state index contributed by atoms with van der Waals surface area (Å²) in [6.45, 7) is 3.81. The number of aryl methyl sites for hydroxylation is 1. The first-order valence-corrected chi connectivity index (χ1v) is 7.67. The Labute approximate surface area is 105 Å². The lowest BCUT2D eigenvalue weighted by molar-refractivity contribution is -0.122. The van der Waals surface area contributed by atoms with Crippen molar-refractivity contribution in [3.63, 3.8) is 0 Å². The molecule has 0 saturated carbocycles. The summed E-state index contributed by atoms with van der Waals surface area (Å²) < 4.78 is 21.4. The minimum absolute atomic E-state index is 0.0480. The molecule has 96 valence electrons. The second kappa shape index (κ2) is 5.61.